The van der Waals surface area contributed by atoms with Crippen molar-refractivity contribution in [3.8, 4) is 11.5 Å². The molecule has 1 aromatic rings. The van der Waals surface area contributed by atoms with Crippen LogP contribution in [0.1, 0.15) is 24.2 Å². The first-order valence-electron chi connectivity index (χ1n) is 5.62. The zero-order valence-corrected chi connectivity index (χ0v) is 10.7. The number of benzene rings is 1. The van der Waals surface area contributed by atoms with Crippen molar-refractivity contribution in [2.75, 3.05) is 13.7 Å². The quantitative estimate of drug-likeness (QED) is 0.776. The van der Waals surface area contributed by atoms with Gasteiger partial charge in [-0.2, -0.15) is 0 Å². The largest absolute Gasteiger partial charge is 0.493 e. The number of carbonyl (C=O) groups excluding carboxylic acids is 2. The summed E-state index contributed by atoms with van der Waals surface area (Å²) in [7, 11) is 1.50. The molecule has 0 aromatic heterocycles. The normalized spacial score (nSPS) is 10.0. The average molecular weight is 251 g/mol. The Morgan fingerprint density at radius 2 is 2.11 bits per heavy atom. The van der Waals surface area contributed by atoms with Crippen LogP contribution in [-0.2, 0) is 4.79 Å². The molecule has 0 aliphatic rings. The standard InChI is InChI=1S/C13H17NO4/c1-9(2)14-13(16)8-18-12-6-10(7-15)4-5-11(12)17-3/h4-7,9H,8H2,1-3H3,(H,14,16). The van der Waals surface area contributed by atoms with E-state index in [2.05, 4.69) is 5.32 Å². The third-order valence-electron chi connectivity index (χ3n) is 2.13. The highest BCUT2D eigenvalue weighted by Crippen LogP contribution is 2.27. The Labute approximate surface area is 106 Å². The number of methoxy groups -OCH3 is 1. The van der Waals surface area contributed by atoms with Gasteiger partial charge in [0.15, 0.2) is 18.1 Å². The summed E-state index contributed by atoms with van der Waals surface area (Å²) in [4.78, 5) is 22.1. The highest BCUT2D eigenvalue weighted by molar-refractivity contribution is 5.78. The van der Waals surface area contributed by atoms with Crippen LogP contribution in [0.5, 0.6) is 11.5 Å². The van der Waals surface area contributed by atoms with Crippen LogP contribution in [0.2, 0.25) is 0 Å². The summed E-state index contributed by atoms with van der Waals surface area (Å²) >= 11 is 0. The van der Waals surface area contributed by atoms with E-state index < -0.39 is 0 Å². The molecule has 0 saturated heterocycles. The molecular formula is C13H17NO4. The zero-order chi connectivity index (χ0) is 13.5. The van der Waals surface area contributed by atoms with E-state index in [0.717, 1.165) is 0 Å². The molecule has 98 valence electrons. The number of ether oxygens (including phenoxy) is 2. The van der Waals surface area contributed by atoms with Crippen molar-refractivity contribution in [3.63, 3.8) is 0 Å². The average Bonchev–Trinajstić information content (AvgIpc) is 2.35. The van der Waals surface area contributed by atoms with E-state index in [1.807, 2.05) is 13.8 Å². The van der Waals surface area contributed by atoms with Crippen LogP contribution in [0.3, 0.4) is 0 Å². The van der Waals surface area contributed by atoms with Crippen LogP contribution in [0.25, 0.3) is 0 Å². The summed E-state index contributed by atoms with van der Waals surface area (Å²) in [5.74, 6) is 0.641. The highest BCUT2D eigenvalue weighted by atomic mass is 16.5. The molecule has 0 fully saturated rings. The minimum atomic E-state index is -0.219. The number of aldehydes is 1. The molecule has 1 amide bonds. The van der Waals surface area contributed by atoms with E-state index in [4.69, 9.17) is 9.47 Å². The maximum atomic E-state index is 11.4. The lowest BCUT2D eigenvalue weighted by molar-refractivity contribution is -0.123. The van der Waals surface area contributed by atoms with Crippen molar-refractivity contribution >= 4 is 12.2 Å². The Morgan fingerprint density at radius 1 is 1.39 bits per heavy atom. The lowest BCUT2D eigenvalue weighted by atomic mass is 10.2. The molecule has 18 heavy (non-hydrogen) atoms. The minimum absolute atomic E-state index is 0.0595. The minimum Gasteiger partial charge on any atom is -0.493 e. The van der Waals surface area contributed by atoms with Crippen LogP contribution in [0.15, 0.2) is 18.2 Å². The van der Waals surface area contributed by atoms with Crippen molar-refractivity contribution < 1.29 is 19.1 Å². The van der Waals surface area contributed by atoms with Crippen LogP contribution >= 0.6 is 0 Å². The van der Waals surface area contributed by atoms with Gasteiger partial charge in [-0.1, -0.05) is 0 Å². The fraction of sp³-hybridized carbons (Fsp3) is 0.385. The smallest absolute Gasteiger partial charge is 0.258 e. The maximum absolute atomic E-state index is 11.4. The Hall–Kier alpha value is -2.04. The van der Waals surface area contributed by atoms with Gasteiger partial charge in [-0.05, 0) is 32.0 Å². The molecule has 5 heteroatoms. The molecule has 0 heterocycles. The SMILES string of the molecule is COc1ccc(C=O)cc1OCC(=O)NC(C)C. The molecule has 0 radical (unpaired) electrons. The van der Waals surface area contributed by atoms with Gasteiger partial charge in [-0.25, -0.2) is 0 Å². The Balaban J connectivity index is 2.70. The monoisotopic (exact) mass is 251 g/mol. The van der Waals surface area contributed by atoms with E-state index in [0.29, 0.717) is 23.3 Å². The first-order chi connectivity index (χ1) is 8.56. The van der Waals surface area contributed by atoms with Gasteiger partial charge in [0.1, 0.15) is 6.29 Å². The number of hydrogen-bond acceptors (Lipinski definition) is 4. The molecule has 0 bridgehead atoms. The van der Waals surface area contributed by atoms with Crippen molar-refractivity contribution in [3.05, 3.63) is 23.8 Å². The van der Waals surface area contributed by atoms with Gasteiger partial charge in [0, 0.05) is 11.6 Å². The molecule has 0 aliphatic heterocycles. The first kappa shape index (κ1) is 14.0. The molecule has 1 N–H and O–H groups in total. The van der Waals surface area contributed by atoms with Gasteiger partial charge in [0.2, 0.25) is 0 Å². The van der Waals surface area contributed by atoms with Gasteiger partial charge in [-0.15, -0.1) is 0 Å². The third kappa shape index (κ3) is 4.08. The molecule has 1 aromatic carbocycles. The lowest BCUT2D eigenvalue weighted by Crippen LogP contribution is -2.34. The second-order valence-electron chi connectivity index (χ2n) is 4.04. The second kappa shape index (κ2) is 6.64. The topological polar surface area (TPSA) is 64.6 Å². The van der Waals surface area contributed by atoms with Gasteiger partial charge < -0.3 is 14.8 Å². The predicted octanol–water partition coefficient (Wildman–Crippen LogP) is 1.41. The zero-order valence-electron chi connectivity index (χ0n) is 10.7. The van der Waals surface area contributed by atoms with Crippen LogP contribution in [-0.4, -0.2) is 32.0 Å². The lowest BCUT2D eigenvalue weighted by Gasteiger charge is -2.12. The van der Waals surface area contributed by atoms with Crippen LogP contribution < -0.4 is 14.8 Å². The summed E-state index contributed by atoms with van der Waals surface area (Å²) in [6.07, 6.45) is 0.709. The summed E-state index contributed by atoms with van der Waals surface area (Å²) in [6.45, 7) is 3.62. The Morgan fingerprint density at radius 3 is 2.67 bits per heavy atom. The number of carbonyl (C=O) groups is 2. The van der Waals surface area contributed by atoms with E-state index in [9.17, 15) is 9.59 Å². The number of rotatable bonds is 6. The van der Waals surface area contributed by atoms with Crippen molar-refractivity contribution in [2.24, 2.45) is 0 Å². The van der Waals surface area contributed by atoms with Gasteiger partial charge in [0.05, 0.1) is 7.11 Å². The van der Waals surface area contributed by atoms with Crippen molar-refractivity contribution in [2.45, 2.75) is 19.9 Å². The summed E-state index contributed by atoms with van der Waals surface area (Å²) in [5.41, 5.74) is 0.468. The first-order valence-corrected chi connectivity index (χ1v) is 5.62. The van der Waals surface area contributed by atoms with E-state index >= 15 is 0 Å². The summed E-state index contributed by atoms with van der Waals surface area (Å²) < 4.78 is 10.4. The number of nitrogens with one attached hydrogen (secondary N) is 1. The molecule has 1 rings (SSSR count). The molecule has 0 aliphatic carbocycles. The molecule has 0 unspecified atom stereocenters. The number of hydrogen-bond donors (Lipinski definition) is 1. The third-order valence-corrected chi connectivity index (χ3v) is 2.13. The maximum Gasteiger partial charge on any atom is 0.258 e. The molecule has 5 nitrogen and oxygen atoms in total. The van der Waals surface area contributed by atoms with Crippen LogP contribution in [0, 0.1) is 0 Å². The second-order valence-corrected chi connectivity index (χ2v) is 4.04. The van der Waals surface area contributed by atoms with E-state index in [1.54, 1.807) is 12.1 Å². The number of amides is 1. The summed E-state index contributed by atoms with van der Waals surface area (Å²) in [5, 5.41) is 2.70. The highest BCUT2D eigenvalue weighted by Gasteiger charge is 2.09. The van der Waals surface area contributed by atoms with E-state index in [-0.39, 0.29) is 18.6 Å². The van der Waals surface area contributed by atoms with Crippen molar-refractivity contribution in [1.29, 1.82) is 0 Å². The molecule has 0 saturated carbocycles. The fourth-order valence-corrected chi connectivity index (χ4v) is 1.39. The molecule has 0 spiro atoms. The van der Waals surface area contributed by atoms with Crippen molar-refractivity contribution in [1.82, 2.24) is 5.32 Å². The summed E-state index contributed by atoms with van der Waals surface area (Å²) in [6, 6.07) is 4.84. The predicted molar refractivity (Wildman–Crippen MR) is 67.2 cm³/mol. The van der Waals surface area contributed by atoms with Gasteiger partial charge in [0.25, 0.3) is 5.91 Å². The molecular weight excluding hydrogens is 234 g/mol. The van der Waals surface area contributed by atoms with Crippen LogP contribution in [0.4, 0.5) is 0 Å². The Kier molecular flexibility index (Phi) is 5.17. The van der Waals surface area contributed by atoms with E-state index in [1.165, 1.54) is 13.2 Å². The van der Waals surface area contributed by atoms with Gasteiger partial charge in [-0.3, -0.25) is 9.59 Å². The fourth-order valence-electron chi connectivity index (χ4n) is 1.39. The molecule has 0 atom stereocenters. The Bertz CT molecular complexity index is 429. The van der Waals surface area contributed by atoms with Gasteiger partial charge >= 0.3 is 0 Å².